The molecule has 5 rings (SSSR count). The maximum absolute atomic E-state index is 13.6. The number of aryl methyl sites for hydroxylation is 1. The number of hydrogen-bond acceptors (Lipinski definition) is 4. The van der Waals surface area contributed by atoms with Gasteiger partial charge in [-0.3, -0.25) is 9.59 Å². The number of carbonyl (C=O) groups excluding carboxylic acids is 1. The molecule has 1 unspecified atom stereocenters. The van der Waals surface area contributed by atoms with Gasteiger partial charge in [0.15, 0.2) is 5.43 Å². The summed E-state index contributed by atoms with van der Waals surface area (Å²) < 4.78 is 11.2. The molecule has 166 valence electrons. The predicted molar refractivity (Wildman–Crippen MR) is 128 cm³/mol. The Labute approximate surface area is 196 Å². The Morgan fingerprint density at radius 2 is 1.67 bits per heavy atom. The second-order valence-electron chi connectivity index (χ2n) is 8.09. The molecule has 1 amide bonds. The van der Waals surface area contributed by atoms with Gasteiger partial charge in [-0.05, 0) is 53.4 Å². The van der Waals surface area contributed by atoms with E-state index < -0.39 is 6.04 Å². The van der Waals surface area contributed by atoms with E-state index in [0.717, 1.165) is 23.3 Å². The first-order valence-electron chi connectivity index (χ1n) is 10.8. The molecule has 0 bridgehead atoms. The Kier molecular flexibility index (Phi) is 5.43. The highest BCUT2D eigenvalue weighted by atomic mass is 35.5. The molecular formula is C27H22ClNO4. The number of halogens is 1. The zero-order chi connectivity index (χ0) is 23.1. The number of rotatable bonds is 5. The molecule has 33 heavy (non-hydrogen) atoms. The molecule has 0 aliphatic carbocycles. The number of amides is 1. The van der Waals surface area contributed by atoms with Crippen molar-refractivity contribution in [3.05, 3.63) is 110 Å². The quantitative estimate of drug-likeness (QED) is 0.380. The van der Waals surface area contributed by atoms with Gasteiger partial charge in [-0.15, -0.1) is 0 Å². The van der Waals surface area contributed by atoms with E-state index in [4.69, 9.17) is 20.8 Å². The summed E-state index contributed by atoms with van der Waals surface area (Å²) in [4.78, 5) is 28.8. The van der Waals surface area contributed by atoms with E-state index in [1.807, 2.05) is 48.5 Å². The molecule has 4 aromatic rings. The van der Waals surface area contributed by atoms with E-state index in [0.29, 0.717) is 28.1 Å². The van der Waals surface area contributed by atoms with Crippen molar-refractivity contribution in [3.63, 3.8) is 0 Å². The van der Waals surface area contributed by atoms with Crippen LogP contribution < -0.4 is 10.2 Å². The molecule has 1 aliphatic heterocycles. The third kappa shape index (κ3) is 3.68. The third-order valence-corrected chi connectivity index (χ3v) is 6.38. The Bertz CT molecular complexity index is 1410. The molecule has 3 aromatic carbocycles. The molecule has 0 N–H and O–H groups in total. The van der Waals surface area contributed by atoms with Crippen molar-refractivity contribution in [1.82, 2.24) is 4.90 Å². The van der Waals surface area contributed by atoms with Gasteiger partial charge < -0.3 is 14.1 Å². The number of fused-ring (bicyclic) bond motifs is 2. The molecule has 0 saturated heterocycles. The molecule has 2 heterocycles. The summed E-state index contributed by atoms with van der Waals surface area (Å²) >= 11 is 6.15. The molecular weight excluding hydrogens is 438 g/mol. The fourth-order valence-electron chi connectivity index (χ4n) is 4.37. The average molecular weight is 460 g/mol. The summed E-state index contributed by atoms with van der Waals surface area (Å²) in [7, 11) is 1.61. The topological polar surface area (TPSA) is 59.8 Å². The lowest BCUT2D eigenvalue weighted by Crippen LogP contribution is -2.29. The summed E-state index contributed by atoms with van der Waals surface area (Å²) in [6.45, 7) is 2.41. The fourth-order valence-corrected chi connectivity index (χ4v) is 4.54. The van der Waals surface area contributed by atoms with Gasteiger partial charge in [0, 0.05) is 11.6 Å². The minimum atomic E-state index is -0.555. The van der Waals surface area contributed by atoms with E-state index in [-0.39, 0.29) is 17.1 Å². The number of methoxy groups -OCH3 is 1. The Hall–Kier alpha value is -3.57. The van der Waals surface area contributed by atoms with Gasteiger partial charge >= 0.3 is 0 Å². The zero-order valence-electron chi connectivity index (χ0n) is 18.3. The van der Waals surface area contributed by atoms with Crippen LogP contribution in [0.25, 0.3) is 11.0 Å². The molecule has 6 heteroatoms. The maximum Gasteiger partial charge on any atom is 0.291 e. The minimum Gasteiger partial charge on any atom is -0.497 e. The first-order chi connectivity index (χ1) is 16.0. The van der Waals surface area contributed by atoms with Crippen LogP contribution in [0.15, 0.2) is 75.9 Å². The van der Waals surface area contributed by atoms with Crippen LogP contribution in [0.3, 0.4) is 0 Å². The molecule has 1 atom stereocenters. The second-order valence-corrected chi connectivity index (χ2v) is 8.53. The number of hydrogen-bond donors (Lipinski definition) is 0. The van der Waals surface area contributed by atoms with E-state index >= 15 is 0 Å². The maximum atomic E-state index is 13.6. The third-order valence-electron chi connectivity index (χ3n) is 6.14. The van der Waals surface area contributed by atoms with Crippen LogP contribution in [0.5, 0.6) is 5.75 Å². The van der Waals surface area contributed by atoms with Crippen LogP contribution in [0.1, 0.15) is 45.8 Å². The molecule has 0 spiro atoms. The average Bonchev–Trinajstić information content (AvgIpc) is 3.12. The van der Waals surface area contributed by atoms with E-state index in [9.17, 15) is 9.59 Å². The number of benzene rings is 3. The highest BCUT2D eigenvalue weighted by Gasteiger charge is 2.42. The number of ether oxygens (including phenoxy) is 1. The summed E-state index contributed by atoms with van der Waals surface area (Å²) in [5.74, 6) is 0.522. The molecule has 0 fully saturated rings. The highest BCUT2D eigenvalue weighted by molar-refractivity contribution is 6.31. The first kappa shape index (κ1) is 21.3. The van der Waals surface area contributed by atoms with Gasteiger partial charge in [-0.25, -0.2) is 0 Å². The summed E-state index contributed by atoms with van der Waals surface area (Å²) in [5, 5.41) is 0.813. The van der Waals surface area contributed by atoms with Crippen molar-refractivity contribution in [3.8, 4) is 5.75 Å². The first-order valence-corrected chi connectivity index (χ1v) is 11.2. The Morgan fingerprint density at radius 3 is 2.33 bits per heavy atom. The lowest BCUT2D eigenvalue weighted by molar-refractivity contribution is 0.0714. The molecule has 0 radical (unpaired) electrons. The Morgan fingerprint density at radius 1 is 0.970 bits per heavy atom. The van der Waals surface area contributed by atoms with Gasteiger partial charge in [-0.1, -0.05) is 54.9 Å². The van der Waals surface area contributed by atoms with Crippen LogP contribution in [0.2, 0.25) is 5.02 Å². The largest absolute Gasteiger partial charge is 0.497 e. The van der Waals surface area contributed by atoms with Crippen molar-refractivity contribution < 1.29 is 13.9 Å². The lowest BCUT2D eigenvalue weighted by atomic mass is 9.97. The summed E-state index contributed by atoms with van der Waals surface area (Å²) in [5.41, 5.74) is 3.44. The normalized spacial score (nSPS) is 15.2. The van der Waals surface area contributed by atoms with Crippen LogP contribution in [-0.4, -0.2) is 17.9 Å². The van der Waals surface area contributed by atoms with Crippen LogP contribution in [0, 0.1) is 0 Å². The van der Waals surface area contributed by atoms with Crippen LogP contribution >= 0.6 is 11.6 Å². The van der Waals surface area contributed by atoms with Gasteiger partial charge in [0.05, 0.1) is 24.1 Å². The lowest BCUT2D eigenvalue weighted by Gasteiger charge is -2.25. The Balaban J connectivity index is 1.67. The second kappa shape index (κ2) is 8.41. The van der Waals surface area contributed by atoms with Crippen LogP contribution in [-0.2, 0) is 13.0 Å². The molecule has 1 aliphatic rings. The van der Waals surface area contributed by atoms with Crippen molar-refractivity contribution in [2.75, 3.05) is 7.11 Å². The van der Waals surface area contributed by atoms with Crippen molar-refractivity contribution >= 4 is 28.5 Å². The molecule has 0 saturated carbocycles. The standard InChI is InChI=1S/C27H22ClNO4/c1-3-16-4-8-18(9-5-16)24-23-25(30)21-14-19(28)10-13-22(21)33-26(23)27(31)29(24)15-17-6-11-20(32-2)12-7-17/h4-14,24H,3,15H2,1-2H3. The van der Waals surface area contributed by atoms with Crippen molar-refractivity contribution in [1.29, 1.82) is 0 Å². The smallest absolute Gasteiger partial charge is 0.291 e. The molecule has 1 aromatic heterocycles. The van der Waals surface area contributed by atoms with Gasteiger partial charge in [0.2, 0.25) is 5.76 Å². The SMILES string of the molecule is CCc1ccc(C2c3c(oc4ccc(Cl)cc4c3=O)C(=O)N2Cc2ccc(OC)cc2)cc1. The van der Waals surface area contributed by atoms with E-state index in [2.05, 4.69) is 6.92 Å². The minimum absolute atomic E-state index is 0.0907. The van der Waals surface area contributed by atoms with Crippen molar-refractivity contribution in [2.24, 2.45) is 0 Å². The number of nitrogens with zero attached hydrogens (tertiary/aromatic N) is 1. The molecule has 5 nitrogen and oxygen atoms in total. The van der Waals surface area contributed by atoms with Crippen molar-refractivity contribution in [2.45, 2.75) is 25.9 Å². The zero-order valence-corrected chi connectivity index (χ0v) is 19.1. The van der Waals surface area contributed by atoms with E-state index in [1.54, 1.807) is 30.2 Å². The van der Waals surface area contributed by atoms with E-state index in [1.165, 1.54) is 5.56 Å². The highest BCUT2D eigenvalue weighted by Crippen LogP contribution is 2.39. The number of carbonyl (C=O) groups is 1. The fraction of sp³-hybridized carbons (Fsp3) is 0.185. The predicted octanol–water partition coefficient (Wildman–Crippen LogP) is 5.76. The van der Waals surface area contributed by atoms with Gasteiger partial charge in [0.25, 0.3) is 5.91 Å². The van der Waals surface area contributed by atoms with Gasteiger partial charge in [-0.2, -0.15) is 0 Å². The summed E-state index contributed by atoms with van der Waals surface area (Å²) in [6.07, 6.45) is 0.904. The van der Waals surface area contributed by atoms with Crippen LogP contribution in [0.4, 0.5) is 0 Å². The van der Waals surface area contributed by atoms with Gasteiger partial charge in [0.1, 0.15) is 11.3 Å². The monoisotopic (exact) mass is 459 g/mol. The summed E-state index contributed by atoms with van der Waals surface area (Å²) in [6, 6.07) is 19.9.